The summed E-state index contributed by atoms with van der Waals surface area (Å²) in [5.41, 5.74) is -0.561. The molecule has 1 atom stereocenters. The Balaban J connectivity index is 1.93. The first-order chi connectivity index (χ1) is 9.19. The number of hydrogen-bond donors (Lipinski definition) is 1. The summed E-state index contributed by atoms with van der Waals surface area (Å²) in [5.74, 6) is -0.442. The summed E-state index contributed by atoms with van der Waals surface area (Å²) in [6.07, 6.45) is 1.19. The van der Waals surface area contributed by atoms with Crippen LogP contribution >= 0.6 is 0 Å². The average molecular weight is 297 g/mol. The summed E-state index contributed by atoms with van der Waals surface area (Å²) in [6, 6.07) is 0.901. The van der Waals surface area contributed by atoms with Crippen molar-refractivity contribution in [3.8, 4) is 0 Å². The van der Waals surface area contributed by atoms with Gasteiger partial charge in [0.2, 0.25) is 0 Å². The number of carbonyl (C=O) groups excluding carboxylic acids is 2. The molecule has 2 saturated carbocycles. The second-order valence-corrected chi connectivity index (χ2v) is 12.5. The van der Waals surface area contributed by atoms with Crippen LogP contribution in [-0.2, 0) is 14.3 Å². The number of carbonyl (C=O) groups is 2. The van der Waals surface area contributed by atoms with E-state index in [1.165, 1.54) is 7.11 Å². The third-order valence-electron chi connectivity index (χ3n) is 4.30. The van der Waals surface area contributed by atoms with Gasteiger partial charge in [0.05, 0.1) is 13.7 Å². The van der Waals surface area contributed by atoms with E-state index < -0.39 is 25.7 Å². The van der Waals surface area contributed by atoms with E-state index in [-0.39, 0.29) is 5.41 Å². The van der Waals surface area contributed by atoms with Gasteiger partial charge in [-0.1, -0.05) is 26.2 Å². The molecule has 0 aromatic rings. The van der Waals surface area contributed by atoms with Gasteiger partial charge in [-0.15, -0.1) is 0 Å². The normalized spacial score (nSPS) is 26.1. The lowest BCUT2D eigenvalue weighted by Crippen LogP contribution is -2.46. The van der Waals surface area contributed by atoms with Crippen LogP contribution in [0.3, 0.4) is 0 Å². The lowest BCUT2D eigenvalue weighted by Gasteiger charge is -2.18. The Morgan fingerprint density at radius 1 is 1.35 bits per heavy atom. The molecule has 0 radical (unpaired) electrons. The summed E-state index contributed by atoms with van der Waals surface area (Å²) in [5, 5.41) is 2.69. The number of hydrogen-bond acceptors (Lipinski definition) is 4. The number of ether oxygens (including phenoxy) is 2. The number of amides is 1. The lowest BCUT2D eigenvalue weighted by molar-refractivity contribution is -0.144. The van der Waals surface area contributed by atoms with Gasteiger partial charge in [-0.3, -0.25) is 0 Å². The van der Waals surface area contributed by atoms with Gasteiger partial charge in [0.1, 0.15) is 0 Å². The quantitative estimate of drug-likeness (QED) is 0.480. The van der Waals surface area contributed by atoms with Crippen molar-refractivity contribution >= 4 is 20.1 Å². The summed E-state index contributed by atoms with van der Waals surface area (Å²) >= 11 is 0. The first-order valence-corrected chi connectivity index (χ1v) is 10.6. The largest absolute Gasteiger partial charge is 0.467 e. The highest BCUT2D eigenvalue weighted by molar-refractivity contribution is 6.76. The Hall–Kier alpha value is -1.30. The summed E-state index contributed by atoms with van der Waals surface area (Å²) in [7, 11) is 0.0839. The Morgan fingerprint density at radius 3 is 2.35 bits per heavy atom. The van der Waals surface area contributed by atoms with E-state index >= 15 is 0 Å². The molecule has 6 heteroatoms. The highest BCUT2D eigenvalue weighted by Gasteiger charge is 2.83. The van der Waals surface area contributed by atoms with E-state index in [1.54, 1.807) is 0 Å². The van der Waals surface area contributed by atoms with Gasteiger partial charge in [-0.2, -0.15) is 0 Å². The molecule has 1 unspecified atom stereocenters. The van der Waals surface area contributed by atoms with E-state index in [1.807, 2.05) is 0 Å². The van der Waals surface area contributed by atoms with Crippen molar-refractivity contribution in [3.05, 3.63) is 12.2 Å². The van der Waals surface area contributed by atoms with E-state index in [4.69, 9.17) is 9.47 Å². The molecule has 5 nitrogen and oxygen atoms in total. The Morgan fingerprint density at radius 2 is 1.95 bits per heavy atom. The van der Waals surface area contributed by atoms with Crippen molar-refractivity contribution in [2.45, 2.75) is 44.1 Å². The fraction of sp³-hybridized carbons (Fsp3) is 0.714. The molecule has 2 rings (SSSR count). The molecule has 112 valence electrons. The summed E-state index contributed by atoms with van der Waals surface area (Å²) < 4.78 is 10.0. The van der Waals surface area contributed by atoms with Crippen molar-refractivity contribution in [2.75, 3.05) is 13.7 Å². The van der Waals surface area contributed by atoms with Crippen molar-refractivity contribution in [3.63, 3.8) is 0 Å². The Bertz CT molecular complexity index is 464. The first kappa shape index (κ1) is 15.1. The molecule has 0 aromatic heterocycles. The average Bonchev–Trinajstić information content (AvgIpc) is 3.21. The van der Waals surface area contributed by atoms with E-state index in [2.05, 4.69) is 31.5 Å². The SMILES string of the molecule is C=C1C2(CC2)C1(NC(=O)OCC[Si](C)(C)C)C(=O)OC. The predicted octanol–water partition coefficient (Wildman–Crippen LogP) is 2.31. The Labute approximate surface area is 120 Å². The van der Waals surface area contributed by atoms with Crippen molar-refractivity contribution in [1.29, 1.82) is 0 Å². The first-order valence-electron chi connectivity index (χ1n) is 6.93. The van der Waals surface area contributed by atoms with Crippen LogP contribution in [0.2, 0.25) is 25.7 Å². The topological polar surface area (TPSA) is 64.6 Å². The fourth-order valence-corrected chi connectivity index (χ4v) is 3.46. The molecular formula is C14H23NO4Si. The molecule has 0 bridgehead atoms. The molecule has 0 heterocycles. The maximum Gasteiger partial charge on any atom is 0.408 e. The van der Waals surface area contributed by atoms with Crippen LogP contribution in [0.4, 0.5) is 4.79 Å². The van der Waals surface area contributed by atoms with Gasteiger partial charge in [-0.05, 0) is 24.5 Å². The van der Waals surface area contributed by atoms with E-state index in [0.29, 0.717) is 6.61 Å². The van der Waals surface area contributed by atoms with Gasteiger partial charge in [0.15, 0.2) is 5.54 Å². The number of rotatable bonds is 5. The minimum atomic E-state index is -1.24. The predicted molar refractivity (Wildman–Crippen MR) is 78.2 cm³/mol. The zero-order valence-electron chi connectivity index (χ0n) is 12.7. The minimum absolute atomic E-state index is 0.266. The van der Waals surface area contributed by atoms with Gasteiger partial charge in [0.25, 0.3) is 0 Å². The highest BCUT2D eigenvalue weighted by Crippen LogP contribution is 2.76. The standard InChI is InChI=1S/C14H23NO4Si/c1-10-13(6-7-13)14(10,11(16)18-2)15-12(17)19-8-9-20(3,4)5/h1,6-9H2,2-5H3,(H,15,17). The van der Waals surface area contributed by atoms with Gasteiger partial charge in [-0.25, -0.2) is 9.59 Å². The maximum absolute atomic E-state index is 12.0. The van der Waals surface area contributed by atoms with Gasteiger partial charge in [0, 0.05) is 13.5 Å². The van der Waals surface area contributed by atoms with Crippen molar-refractivity contribution in [1.82, 2.24) is 5.32 Å². The molecule has 1 amide bonds. The van der Waals surface area contributed by atoms with Crippen molar-refractivity contribution in [2.24, 2.45) is 5.41 Å². The minimum Gasteiger partial charge on any atom is -0.467 e. The Kier molecular flexibility index (Phi) is 3.48. The molecule has 1 N–H and O–H groups in total. The molecule has 0 aromatic carbocycles. The van der Waals surface area contributed by atoms with E-state index in [9.17, 15) is 9.59 Å². The van der Waals surface area contributed by atoms with Gasteiger partial charge < -0.3 is 14.8 Å². The van der Waals surface area contributed by atoms with Crippen LogP contribution in [0.5, 0.6) is 0 Å². The number of nitrogens with one attached hydrogen (secondary N) is 1. The van der Waals surface area contributed by atoms with Gasteiger partial charge >= 0.3 is 12.1 Å². The molecule has 0 saturated heterocycles. The molecule has 2 aliphatic carbocycles. The second-order valence-electron chi connectivity index (χ2n) is 6.87. The van der Waals surface area contributed by atoms with Crippen molar-refractivity contribution < 1.29 is 19.1 Å². The zero-order valence-corrected chi connectivity index (χ0v) is 13.7. The zero-order chi connectivity index (χ0) is 15.2. The lowest BCUT2D eigenvalue weighted by atomic mass is 10.2. The van der Waals surface area contributed by atoms with Crippen LogP contribution in [0.1, 0.15) is 12.8 Å². The van der Waals surface area contributed by atoms with Crippen LogP contribution in [0, 0.1) is 5.41 Å². The number of alkyl carbamates (subject to hydrolysis) is 1. The third-order valence-corrected chi connectivity index (χ3v) is 6.01. The van der Waals surface area contributed by atoms with Crippen LogP contribution in [0.25, 0.3) is 0 Å². The molecule has 20 heavy (non-hydrogen) atoms. The number of methoxy groups -OCH3 is 1. The second kappa shape index (κ2) is 4.61. The summed E-state index contributed by atoms with van der Waals surface area (Å²) in [6.45, 7) is 10.9. The van der Waals surface area contributed by atoms with Crippen LogP contribution < -0.4 is 5.32 Å². The molecule has 2 fully saturated rings. The molecule has 1 spiro atoms. The number of esters is 1. The highest BCUT2D eigenvalue weighted by atomic mass is 28.3. The smallest absolute Gasteiger partial charge is 0.408 e. The molecule has 0 aliphatic heterocycles. The third kappa shape index (κ3) is 2.26. The van der Waals surface area contributed by atoms with E-state index in [0.717, 1.165) is 24.5 Å². The molecular weight excluding hydrogens is 274 g/mol. The fourth-order valence-electron chi connectivity index (χ4n) is 2.74. The maximum atomic E-state index is 12.0. The van der Waals surface area contributed by atoms with Crippen LogP contribution in [-0.4, -0.2) is 39.4 Å². The monoisotopic (exact) mass is 297 g/mol. The summed E-state index contributed by atoms with van der Waals surface area (Å²) in [4.78, 5) is 23.9. The van der Waals surface area contributed by atoms with Crippen LogP contribution in [0.15, 0.2) is 12.2 Å². The molecule has 2 aliphatic rings.